The van der Waals surface area contributed by atoms with Crippen molar-refractivity contribution < 1.29 is 14.3 Å². The van der Waals surface area contributed by atoms with Crippen LogP contribution in [0.4, 0.5) is 0 Å². The maximum atomic E-state index is 12.6. The first-order chi connectivity index (χ1) is 12.3. The number of hydrogen-bond acceptors (Lipinski definition) is 5. The molecule has 1 aliphatic rings. The Balaban J connectivity index is 1.54. The van der Waals surface area contributed by atoms with Gasteiger partial charge in [-0.15, -0.1) is 0 Å². The lowest BCUT2D eigenvalue weighted by Gasteiger charge is -2.33. The summed E-state index contributed by atoms with van der Waals surface area (Å²) in [5.41, 5.74) is 1.91. The second kappa shape index (κ2) is 8.58. The van der Waals surface area contributed by atoms with Gasteiger partial charge in [0.15, 0.2) is 0 Å². The Morgan fingerprint density at radius 3 is 3.04 bits per heavy atom. The number of aryl methyl sites for hydroxylation is 1. The summed E-state index contributed by atoms with van der Waals surface area (Å²) in [6.45, 7) is 1.84. The number of methoxy groups -OCH3 is 1. The van der Waals surface area contributed by atoms with E-state index in [1.54, 1.807) is 19.6 Å². The van der Waals surface area contributed by atoms with Gasteiger partial charge in [0.2, 0.25) is 5.91 Å². The molecule has 0 unspecified atom stereocenters. The third-order valence-corrected chi connectivity index (χ3v) is 4.39. The largest absolute Gasteiger partial charge is 0.496 e. The van der Waals surface area contributed by atoms with E-state index in [2.05, 4.69) is 9.97 Å². The number of carbonyl (C=O) groups excluding carboxylic acids is 1. The quantitative estimate of drug-likeness (QED) is 0.803. The molecular weight excluding hydrogens is 318 g/mol. The van der Waals surface area contributed by atoms with Crippen LogP contribution in [0.15, 0.2) is 42.9 Å². The van der Waals surface area contributed by atoms with E-state index in [-0.39, 0.29) is 12.0 Å². The summed E-state index contributed by atoms with van der Waals surface area (Å²) in [5, 5.41) is 0. The van der Waals surface area contributed by atoms with Gasteiger partial charge >= 0.3 is 0 Å². The van der Waals surface area contributed by atoms with Crippen molar-refractivity contribution in [2.75, 3.05) is 26.8 Å². The highest BCUT2D eigenvalue weighted by Gasteiger charge is 2.24. The molecule has 2 aromatic rings. The number of benzene rings is 1. The SMILES string of the molecule is COc1ccccc1CC(=O)N1CCO[C@@H](CCc2ccncn2)C1. The topological polar surface area (TPSA) is 64.5 Å². The van der Waals surface area contributed by atoms with Crippen LogP contribution in [-0.2, 0) is 22.4 Å². The summed E-state index contributed by atoms with van der Waals surface area (Å²) in [6.07, 6.45) is 5.36. The van der Waals surface area contributed by atoms with E-state index in [0.717, 1.165) is 29.8 Å². The molecule has 0 bridgehead atoms. The van der Waals surface area contributed by atoms with Crippen LogP contribution in [0, 0.1) is 0 Å². The molecule has 0 spiro atoms. The van der Waals surface area contributed by atoms with Crippen molar-refractivity contribution in [1.82, 2.24) is 14.9 Å². The molecule has 1 amide bonds. The number of para-hydroxylation sites is 1. The zero-order chi connectivity index (χ0) is 17.5. The summed E-state index contributed by atoms with van der Waals surface area (Å²) in [7, 11) is 1.63. The molecule has 25 heavy (non-hydrogen) atoms. The van der Waals surface area contributed by atoms with Crippen LogP contribution in [0.5, 0.6) is 5.75 Å². The Labute approximate surface area is 147 Å². The van der Waals surface area contributed by atoms with Crippen LogP contribution >= 0.6 is 0 Å². The van der Waals surface area contributed by atoms with Crippen molar-refractivity contribution in [2.45, 2.75) is 25.4 Å². The first-order valence-electron chi connectivity index (χ1n) is 8.52. The van der Waals surface area contributed by atoms with Gasteiger partial charge in [0.1, 0.15) is 12.1 Å². The predicted molar refractivity (Wildman–Crippen MR) is 93.4 cm³/mol. The number of nitrogens with zero attached hydrogens (tertiary/aromatic N) is 3. The number of ether oxygens (including phenoxy) is 2. The molecule has 0 radical (unpaired) electrons. The second-order valence-corrected chi connectivity index (χ2v) is 6.06. The number of morpholine rings is 1. The third kappa shape index (κ3) is 4.76. The van der Waals surface area contributed by atoms with Gasteiger partial charge in [-0.3, -0.25) is 4.79 Å². The number of carbonyl (C=O) groups is 1. The fourth-order valence-electron chi connectivity index (χ4n) is 3.02. The molecule has 2 heterocycles. The molecule has 0 saturated carbocycles. The molecule has 0 N–H and O–H groups in total. The maximum absolute atomic E-state index is 12.6. The maximum Gasteiger partial charge on any atom is 0.227 e. The molecule has 6 nitrogen and oxygen atoms in total. The van der Waals surface area contributed by atoms with E-state index >= 15 is 0 Å². The van der Waals surface area contributed by atoms with E-state index in [1.165, 1.54) is 0 Å². The lowest BCUT2D eigenvalue weighted by molar-refractivity contribution is -0.138. The minimum Gasteiger partial charge on any atom is -0.496 e. The first kappa shape index (κ1) is 17.4. The van der Waals surface area contributed by atoms with Crippen molar-refractivity contribution in [1.29, 1.82) is 0 Å². The first-order valence-corrected chi connectivity index (χ1v) is 8.52. The van der Waals surface area contributed by atoms with Gasteiger partial charge in [0.05, 0.1) is 26.2 Å². The Bertz CT molecular complexity index is 693. The van der Waals surface area contributed by atoms with Crippen LogP contribution in [0.2, 0.25) is 0 Å². The van der Waals surface area contributed by atoms with Crippen LogP contribution in [0.25, 0.3) is 0 Å². The molecule has 6 heteroatoms. The van der Waals surface area contributed by atoms with E-state index in [0.29, 0.717) is 26.1 Å². The van der Waals surface area contributed by atoms with Crippen LogP contribution in [-0.4, -0.2) is 53.7 Å². The summed E-state index contributed by atoms with van der Waals surface area (Å²) in [4.78, 5) is 22.7. The lowest BCUT2D eigenvalue weighted by Crippen LogP contribution is -2.46. The normalized spacial score (nSPS) is 17.3. The molecule has 3 rings (SSSR count). The lowest BCUT2D eigenvalue weighted by atomic mass is 10.1. The fourth-order valence-corrected chi connectivity index (χ4v) is 3.02. The molecule has 132 valence electrons. The van der Waals surface area contributed by atoms with Crippen molar-refractivity contribution in [3.05, 3.63) is 54.1 Å². The van der Waals surface area contributed by atoms with Gasteiger partial charge < -0.3 is 14.4 Å². The summed E-state index contributed by atoms with van der Waals surface area (Å²) >= 11 is 0. The van der Waals surface area contributed by atoms with Gasteiger partial charge in [0, 0.05) is 30.5 Å². The minimum absolute atomic E-state index is 0.0466. The van der Waals surface area contributed by atoms with Crippen molar-refractivity contribution >= 4 is 5.91 Å². The number of rotatable bonds is 6. The minimum atomic E-state index is 0.0466. The second-order valence-electron chi connectivity index (χ2n) is 6.06. The number of amides is 1. The van der Waals surface area contributed by atoms with Crippen LogP contribution in [0.1, 0.15) is 17.7 Å². The highest BCUT2D eigenvalue weighted by atomic mass is 16.5. The monoisotopic (exact) mass is 341 g/mol. The molecule has 1 aromatic carbocycles. The highest BCUT2D eigenvalue weighted by molar-refractivity contribution is 5.79. The fraction of sp³-hybridized carbons (Fsp3) is 0.421. The van der Waals surface area contributed by atoms with Gasteiger partial charge in [0.25, 0.3) is 0 Å². The smallest absolute Gasteiger partial charge is 0.227 e. The molecule has 0 aliphatic carbocycles. The zero-order valence-corrected chi connectivity index (χ0v) is 14.4. The Kier molecular flexibility index (Phi) is 5.95. The standard InChI is InChI=1S/C19H23N3O3/c1-24-18-5-3-2-4-15(18)12-19(23)22-10-11-25-17(13-22)7-6-16-8-9-20-14-21-16/h2-5,8-9,14,17H,6-7,10-13H2,1H3/t17-/m0/s1. The average molecular weight is 341 g/mol. The van der Waals surface area contributed by atoms with E-state index in [9.17, 15) is 4.79 Å². The average Bonchev–Trinajstić information content (AvgIpc) is 2.68. The zero-order valence-electron chi connectivity index (χ0n) is 14.4. The molecular formula is C19H23N3O3. The Hall–Kier alpha value is -2.47. The predicted octanol–water partition coefficient (Wildman–Crippen LogP) is 1.89. The van der Waals surface area contributed by atoms with Crippen molar-refractivity contribution in [3.63, 3.8) is 0 Å². The van der Waals surface area contributed by atoms with Gasteiger partial charge in [-0.1, -0.05) is 18.2 Å². The third-order valence-electron chi connectivity index (χ3n) is 4.39. The Morgan fingerprint density at radius 2 is 2.24 bits per heavy atom. The van der Waals surface area contributed by atoms with Gasteiger partial charge in [-0.25, -0.2) is 9.97 Å². The summed E-state index contributed by atoms with van der Waals surface area (Å²) in [6, 6.07) is 9.56. The van der Waals surface area contributed by atoms with Crippen molar-refractivity contribution in [2.24, 2.45) is 0 Å². The molecule has 1 saturated heterocycles. The summed E-state index contributed by atoms with van der Waals surface area (Å²) in [5.74, 6) is 0.865. The number of aromatic nitrogens is 2. The van der Waals surface area contributed by atoms with E-state index in [1.807, 2.05) is 35.2 Å². The Morgan fingerprint density at radius 1 is 1.36 bits per heavy atom. The van der Waals surface area contributed by atoms with Crippen LogP contribution < -0.4 is 4.74 Å². The van der Waals surface area contributed by atoms with E-state index < -0.39 is 0 Å². The van der Waals surface area contributed by atoms with Gasteiger partial charge in [-0.05, 0) is 25.0 Å². The summed E-state index contributed by atoms with van der Waals surface area (Å²) < 4.78 is 11.1. The van der Waals surface area contributed by atoms with Crippen molar-refractivity contribution in [3.8, 4) is 5.75 Å². The number of hydrogen-bond donors (Lipinski definition) is 0. The van der Waals surface area contributed by atoms with E-state index in [4.69, 9.17) is 9.47 Å². The van der Waals surface area contributed by atoms with Gasteiger partial charge in [-0.2, -0.15) is 0 Å². The molecule has 1 aromatic heterocycles. The van der Waals surface area contributed by atoms with Crippen LogP contribution in [0.3, 0.4) is 0 Å². The molecule has 1 fully saturated rings. The molecule has 1 atom stereocenters. The highest BCUT2D eigenvalue weighted by Crippen LogP contribution is 2.19. The molecule has 1 aliphatic heterocycles.